The fourth-order valence-corrected chi connectivity index (χ4v) is 2.61. The molecule has 0 aliphatic rings. The number of H-pyrrole nitrogens is 1. The molecule has 2 nitrogen and oxygen atoms in total. The molecule has 1 aromatic heterocycles. The number of aryl methyl sites for hydroxylation is 1. The molecule has 1 unspecified atom stereocenters. The SMILES string of the molecule is CCCC(CCC)C(O)c1[nH]c(C)c(C)c1C. The quantitative estimate of drug-likeness (QED) is 0.764. The molecule has 1 atom stereocenters. The highest BCUT2D eigenvalue weighted by Gasteiger charge is 2.23. The van der Waals surface area contributed by atoms with E-state index in [4.69, 9.17) is 0 Å². The second kappa shape index (κ2) is 6.25. The van der Waals surface area contributed by atoms with Crippen LogP contribution in [0.1, 0.15) is 68.1 Å². The molecule has 0 saturated carbocycles. The molecule has 2 heteroatoms. The van der Waals surface area contributed by atoms with Crippen LogP contribution in [0.5, 0.6) is 0 Å². The lowest BCUT2D eigenvalue weighted by atomic mass is 9.89. The summed E-state index contributed by atoms with van der Waals surface area (Å²) in [5.74, 6) is 0.390. The van der Waals surface area contributed by atoms with Crippen LogP contribution in [0.4, 0.5) is 0 Å². The van der Waals surface area contributed by atoms with E-state index >= 15 is 0 Å². The third kappa shape index (κ3) is 3.12. The molecular weight excluding hydrogens is 210 g/mol. The van der Waals surface area contributed by atoms with Crippen LogP contribution in [0.15, 0.2) is 0 Å². The van der Waals surface area contributed by atoms with E-state index in [2.05, 4.69) is 39.6 Å². The molecule has 2 N–H and O–H groups in total. The highest BCUT2D eigenvalue weighted by molar-refractivity contribution is 5.35. The molecule has 0 bridgehead atoms. The Hall–Kier alpha value is -0.760. The van der Waals surface area contributed by atoms with Gasteiger partial charge < -0.3 is 10.1 Å². The van der Waals surface area contributed by atoms with Gasteiger partial charge in [-0.15, -0.1) is 0 Å². The minimum absolute atomic E-state index is 0.331. The Morgan fingerprint density at radius 2 is 1.53 bits per heavy atom. The highest BCUT2D eigenvalue weighted by atomic mass is 16.3. The summed E-state index contributed by atoms with van der Waals surface area (Å²) >= 11 is 0. The molecule has 0 amide bonds. The van der Waals surface area contributed by atoms with Crippen molar-refractivity contribution in [3.8, 4) is 0 Å². The number of hydrogen-bond donors (Lipinski definition) is 2. The Bertz CT molecular complexity index is 348. The average Bonchev–Trinajstić information content (AvgIpc) is 2.56. The second-order valence-corrected chi connectivity index (χ2v) is 5.20. The summed E-state index contributed by atoms with van der Waals surface area (Å²) in [6, 6.07) is 0. The fraction of sp³-hybridized carbons (Fsp3) is 0.733. The zero-order valence-corrected chi connectivity index (χ0v) is 11.9. The first-order valence-corrected chi connectivity index (χ1v) is 6.86. The molecule has 0 aliphatic heterocycles. The first kappa shape index (κ1) is 14.3. The smallest absolute Gasteiger partial charge is 0.0968 e. The molecule has 0 aliphatic carbocycles. The summed E-state index contributed by atoms with van der Waals surface area (Å²) in [7, 11) is 0. The van der Waals surface area contributed by atoms with Crippen LogP contribution in [0, 0.1) is 26.7 Å². The number of rotatable bonds is 6. The Morgan fingerprint density at radius 1 is 1.00 bits per heavy atom. The molecule has 98 valence electrons. The van der Waals surface area contributed by atoms with Gasteiger partial charge in [-0.1, -0.05) is 26.7 Å². The zero-order valence-electron chi connectivity index (χ0n) is 11.9. The number of nitrogens with one attached hydrogen (secondary N) is 1. The van der Waals surface area contributed by atoms with E-state index in [0.717, 1.165) is 31.4 Å². The van der Waals surface area contributed by atoms with Gasteiger partial charge >= 0.3 is 0 Å². The van der Waals surface area contributed by atoms with E-state index in [1.807, 2.05) is 0 Å². The van der Waals surface area contributed by atoms with E-state index in [1.165, 1.54) is 16.8 Å². The summed E-state index contributed by atoms with van der Waals surface area (Å²) in [5, 5.41) is 10.5. The zero-order chi connectivity index (χ0) is 13.0. The van der Waals surface area contributed by atoms with Gasteiger partial charge in [0.2, 0.25) is 0 Å². The molecule has 1 rings (SSSR count). The lowest BCUT2D eigenvalue weighted by Crippen LogP contribution is -2.14. The Morgan fingerprint density at radius 3 is 1.88 bits per heavy atom. The van der Waals surface area contributed by atoms with Crippen molar-refractivity contribution in [2.75, 3.05) is 0 Å². The molecule has 0 saturated heterocycles. The van der Waals surface area contributed by atoms with E-state index in [0.29, 0.717) is 5.92 Å². The lowest BCUT2D eigenvalue weighted by Gasteiger charge is -2.22. The molecule has 1 heterocycles. The van der Waals surface area contributed by atoms with Crippen LogP contribution in [-0.4, -0.2) is 10.1 Å². The lowest BCUT2D eigenvalue weighted by molar-refractivity contribution is 0.0923. The molecular formula is C15H27NO. The summed E-state index contributed by atoms with van der Waals surface area (Å²) < 4.78 is 0. The van der Waals surface area contributed by atoms with Gasteiger partial charge in [-0.3, -0.25) is 0 Å². The van der Waals surface area contributed by atoms with Crippen molar-refractivity contribution >= 4 is 0 Å². The number of aliphatic hydroxyl groups is 1. The van der Waals surface area contributed by atoms with Crippen molar-refractivity contribution in [3.05, 3.63) is 22.5 Å². The van der Waals surface area contributed by atoms with Gasteiger partial charge in [-0.25, -0.2) is 0 Å². The van der Waals surface area contributed by atoms with E-state index in [1.54, 1.807) is 0 Å². The predicted octanol–water partition coefficient (Wildman–Crippen LogP) is 4.19. The van der Waals surface area contributed by atoms with Crippen molar-refractivity contribution < 1.29 is 5.11 Å². The summed E-state index contributed by atoms with van der Waals surface area (Å²) in [6.07, 6.45) is 4.15. The van der Waals surface area contributed by atoms with Gasteiger partial charge in [0.25, 0.3) is 0 Å². The topological polar surface area (TPSA) is 36.0 Å². The first-order valence-electron chi connectivity index (χ1n) is 6.86. The first-order chi connectivity index (χ1) is 8.02. The monoisotopic (exact) mass is 237 g/mol. The molecule has 0 spiro atoms. The maximum Gasteiger partial charge on any atom is 0.0968 e. The molecule has 1 aromatic rings. The van der Waals surface area contributed by atoms with Gasteiger partial charge in [0.15, 0.2) is 0 Å². The van der Waals surface area contributed by atoms with Gasteiger partial charge in [-0.05, 0) is 50.7 Å². The number of hydrogen-bond acceptors (Lipinski definition) is 1. The second-order valence-electron chi connectivity index (χ2n) is 5.20. The van der Waals surface area contributed by atoms with Gasteiger partial charge in [0.05, 0.1) is 6.10 Å². The summed E-state index contributed by atoms with van der Waals surface area (Å²) in [6.45, 7) is 10.7. The van der Waals surface area contributed by atoms with E-state index in [-0.39, 0.29) is 6.10 Å². The maximum atomic E-state index is 10.5. The highest BCUT2D eigenvalue weighted by Crippen LogP contribution is 2.32. The van der Waals surface area contributed by atoms with Crippen LogP contribution in [0.25, 0.3) is 0 Å². The molecule has 17 heavy (non-hydrogen) atoms. The number of aliphatic hydroxyl groups excluding tert-OH is 1. The minimum atomic E-state index is -0.331. The Balaban J connectivity index is 2.92. The average molecular weight is 237 g/mol. The van der Waals surface area contributed by atoms with Crippen molar-refractivity contribution in [1.29, 1.82) is 0 Å². The van der Waals surface area contributed by atoms with Crippen molar-refractivity contribution in [3.63, 3.8) is 0 Å². The normalized spacial score (nSPS) is 13.4. The fourth-order valence-electron chi connectivity index (χ4n) is 2.61. The van der Waals surface area contributed by atoms with Crippen molar-refractivity contribution in [1.82, 2.24) is 4.98 Å². The third-order valence-electron chi connectivity index (χ3n) is 3.91. The standard InChI is InChI=1S/C15H27NO/c1-6-8-13(9-7-2)15(17)14-11(4)10(3)12(5)16-14/h13,15-17H,6-9H2,1-5H3. The summed E-state index contributed by atoms with van der Waals surface area (Å²) in [4.78, 5) is 3.36. The van der Waals surface area contributed by atoms with Crippen LogP contribution in [0.2, 0.25) is 0 Å². The maximum absolute atomic E-state index is 10.5. The largest absolute Gasteiger partial charge is 0.387 e. The number of aromatic amines is 1. The molecule has 0 aromatic carbocycles. The van der Waals surface area contributed by atoms with Crippen molar-refractivity contribution in [2.24, 2.45) is 5.92 Å². The van der Waals surface area contributed by atoms with Crippen LogP contribution >= 0.6 is 0 Å². The molecule has 0 fully saturated rings. The number of aromatic nitrogens is 1. The van der Waals surface area contributed by atoms with E-state index in [9.17, 15) is 5.11 Å². The predicted molar refractivity (Wildman–Crippen MR) is 73.3 cm³/mol. The van der Waals surface area contributed by atoms with Crippen LogP contribution in [0.3, 0.4) is 0 Å². The van der Waals surface area contributed by atoms with E-state index < -0.39 is 0 Å². The molecule has 0 radical (unpaired) electrons. The van der Waals surface area contributed by atoms with Gasteiger partial charge in [0, 0.05) is 11.4 Å². The summed E-state index contributed by atoms with van der Waals surface area (Å²) in [5.41, 5.74) is 4.73. The Kier molecular flexibility index (Phi) is 5.26. The van der Waals surface area contributed by atoms with Crippen LogP contribution in [-0.2, 0) is 0 Å². The van der Waals surface area contributed by atoms with Crippen LogP contribution < -0.4 is 0 Å². The Labute approximate surface area is 105 Å². The van der Waals surface area contributed by atoms with Gasteiger partial charge in [-0.2, -0.15) is 0 Å². The third-order valence-corrected chi connectivity index (χ3v) is 3.91. The van der Waals surface area contributed by atoms with Crippen molar-refractivity contribution in [2.45, 2.75) is 66.4 Å². The van der Waals surface area contributed by atoms with Gasteiger partial charge in [0.1, 0.15) is 0 Å². The minimum Gasteiger partial charge on any atom is -0.387 e.